The van der Waals surface area contributed by atoms with Gasteiger partial charge in [0.05, 0.1) is 10.9 Å². The summed E-state index contributed by atoms with van der Waals surface area (Å²) in [5, 5.41) is 6.72. The number of fused-ring (bicyclic) bond motifs is 10. The number of hydrogen-bond donors (Lipinski definition) is 0. The van der Waals surface area contributed by atoms with Crippen LogP contribution in [0.25, 0.3) is 72.0 Å². The molecule has 3 aromatic heterocycles. The zero-order chi connectivity index (χ0) is 28.8. The summed E-state index contributed by atoms with van der Waals surface area (Å²) in [6, 6.07) is 33.7. The van der Waals surface area contributed by atoms with Gasteiger partial charge in [-0.2, -0.15) is 4.40 Å². The van der Waals surface area contributed by atoms with Crippen molar-refractivity contribution in [3.05, 3.63) is 137 Å². The molecule has 5 aliphatic rings. The van der Waals surface area contributed by atoms with Crippen molar-refractivity contribution in [2.75, 3.05) is 0 Å². The predicted octanol–water partition coefficient (Wildman–Crippen LogP) is 8.18. The van der Waals surface area contributed by atoms with E-state index in [4.69, 9.17) is 4.74 Å². The lowest BCUT2D eigenvalue weighted by molar-refractivity contribution is -0.940. The quantitative estimate of drug-likeness (QED) is 0.132. The number of allylic oxidation sites excluding steroid dienone is 3. The highest BCUT2D eigenvalue weighted by Gasteiger charge is 2.69. The Bertz CT molecular complexity index is 2910. The van der Waals surface area contributed by atoms with Gasteiger partial charge in [0.1, 0.15) is 28.1 Å². The molecule has 206 valence electrons. The summed E-state index contributed by atoms with van der Waals surface area (Å²) < 4.78 is 14.6. The van der Waals surface area contributed by atoms with Crippen molar-refractivity contribution in [2.24, 2.45) is 0 Å². The second-order valence-electron chi connectivity index (χ2n) is 13.1. The zero-order valence-electron chi connectivity index (χ0n) is 24.1. The number of benzene rings is 5. The number of imidazole rings is 1. The van der Waals surface area contributed by atoms with Crippen molar-refractivity contribution in [2.45, 2.75) is 18.5 Å². The molecule has 0 amide bonds. The van der Waals surface area contributed by atoms with Crippen LogP contribution >= 0.6 is 0 Å². The lowest BCUT2D eigenvalue weighted by Gasteiger charge is -2.28. The molecule has 1 spiro atoms. The van der Waals surface area contributed by atoms with E-state index in [2.05, 4.69) is 129 Å². The van der Waals surface area contributed by atoms with Crippen LogP contribution in [0, 0.1) is 0 Å². The highest BCUT2D eigenvalue weighted by Crippen LogP contribution is 2.59. The Morgan fingerprint density at radius 3 is 2.62 bits per heavy atom. The van der Waals surface area contributed by atoms with Gasteiger partial charge >= 0.3 is 11.3 Å². The van der Waals surface area contributed by atoms with Crippen molar-refractivity contribution < 1.29 is 13.9 Å². The van der Waals surface area contributed by atoms with Gasteiger partial charge in [-0.15, -0.1) is 9.13 Å². The van der Waals surface area contributed by atoms with Gasteiger partial charge in [-0.3, -0.25) is 0 Å². The molecule has 45 heavy (non-hydrogen) atoms. The number of pyridine rings is 2. The highest BCUT2D eigenvalue weighted by atomic mass is 16.5. The fourth-order valence-electron chi connectivity index (χ4n) is 9.97. The molecule has 1 unspecified atom stereocenters. The van der Waals surface area contributed by atoms with Crippen LogP contribution in [0.4, 0.5) is 0 Å². The van der Waals surface area contributed by atoms with Crippen molar-refractivity contribution in [3.8, 4) is 22.8 Å². The van der Waals surface area contributed by atoms with E-state index in [-0.39, 0.29) is 0 Å². The maximum atomic E-state index is 6.87. The van der Waals surface area contributed by atoms with Crippen molar-refractivity contribution in [1.29, 1.82) is 0 Å². The number of nitrogens with zero attached hydrogens (tertiary/aromatic N) is 3. The molecule has 5 aromatic carbocycles. The van der Waals surface area contributed by atoms with Gasteiger partial charge in [0.25, 0.3) is 0 Å². The van der Waals surface area contributed by atoms with E-state index in [1.54, 1.807) is 0 Å². The normalized spacial score (nSPS) is 18.8. The first-order valence-electron chi connectivity index (χ1n) is 15.9. The third-order valence-corrected chi connectivity index (χ3v) is 11.4. The van der Waals surface area contributed by atoms with Crippen LogP contribution in [-0.4, -0.2) is 4.40 Å². The van der Waals surface area contributed by atoms with Gasteiger partial charge in [0, 0.05) is 28.5 Å². The van der Waals surface area contributed by atoms with E-state index in [1.807, 2.05) is 0 Å². The topological polar surface area (TPSA) is 21.4 Å². The van der Waals surface area contributed by atoms with Gasteiger partial charge in [-0.25, -0.2) is 0 Å². The summed E-state index contributed by atoms with van der Waals surface area (Å²) in [6.07, 6.45) is 11.5. The summed E-state index contributed by atoms with van der Waals surface area (Å²) in [5.41, 5.74) is 15.0. The standard InChI is InChI=1S/C41H23N3O/c1-2-15-30-29(14-1)43-39-27-12-6-9-23-18-17-22-8-5-11-25(33(22)34(23)27)35(39)26-19-20-32-38-36(26)40(43)44(30)41(38)37-24(10-7-16-31(37)45-32)28-13-3-4-21-42(28)41/h1-8,10-16,18-21H,9,17H2/q+2. The number of aromatic nitrogens is 3. The van der Waals surface area contributed by atoms with Crippen molar-refractivity contribution in [3.63, 3.8) is 0 Å². The van der Waals surface area contributed by atoms with Crippen molar-refractivity contribution in [1.82, 2.24) is 4.40 Å². The van der Waals surface area contributed by atoms with Gasteiger partial charge in [-0.1, -0.05) is 54.6 Å². The Hall–Kier alpha value is -5.74. The lowest BCUT2D eigenvalue weighted by atomic mass is 9.79. The van der Waals surface area contributed by atoms with Crippen LogP contribution in [0.15, 0.2) is 109 Å². The van der Waals surface area contributed by atoms with E-state index in [0.29, 0.717) is 0 Å². The van der Waals surface area contributed by atoms with Gasteiger partial charge in [0.15, 0.2) is 17.2 Å². The van der Waals surface area contributed by atoms with E-state index in [0.717, 1.165) is 24.3 Å². The minimum atomic E-state index is -0.598. The fraction of sp³-hybridized carbons (Fsp3) is 0.0732. The minimum Gasteiger partial charge on any atom is -0.456 e. The molecule has 0 saturated carbocycles. The maximum Gasteiger partial charge on any atom is 0.372 e. The number of para-hydroxylation sites is 2. The van der Waals surface area contributed by atoms with Gasteiger partial charge in [0.2, 0.25) is 5.69 Å². The second-order valence-corrected chi connectivity index (χ2v) is 13.1. The molecular weight excluding hydrogens is 550 g/mol. The molecular formula is C41H23N3O+2. The molecule has 0 fully saturated rings. The number of hydrogen-bond acceptors (Lipinski definition) is 1. The molecule has 3 aliphatic heterocycles. The molecule has 0 radical (unpaired) electrons. The number of ether oxygens (including phenoxy) is 1. The fourth-order valence-corrected chi connectivity index (χ4v) is 9.97. The summed E-state index contributed by atoms with van der Waals surface area (Å²) in [5.74, 6) is 1.88. The van der Waals surface area contributed by atoms with Crippen molar-refractivity contribution >= 4 is 60.8 Å². The van der Waals surface area contributed by atoms with Crippen LogP contribution in [0.2, 0.25) is 0 Å². The SMILES string of the molecule is C1=Cc2c3c4c(cccc4c4c5ccc6c7c5c5n(c8ccccc8[n+]5C75c7c(cccc7-c7cccc[n+]75)O6)c24)CC=C3C1. The van der Waals surface area contributed by atoms with E-state index in [9.17, 15) is 0 Å². The molecule has 0 saturated heterocycles. The third-order valence-electron chi connectivity index (χ3n) is 11.4. The smallest absolute Gasteiger partial charge is 0.372 e. The first-order chi connectivity index (χ1) is 22.4. The minimum absolute atomic E-state index is 0.598. The monoisotopic (exact) mass is 573 g/mol. The zero-order valence-corrected chi connectivity index (χ0v) is 24.1. The molecule has 8 aromatic rings. The van der Waals surface area contributed by atoms with E-state index in [1.165, 1.54) is 93.8 Å². The molecule has 4 nitrogen and oxygen atoms in total. The Morgan fingerprint density at radius 2 is 1.62 bits per heavy atom. The van der Waals surface area contributed by atoms with Gasteiger partial charge in [-0.05, 0) is 82.8 Å². The average Bonchev–Trinajstić information content (AvgIpc) is 3.71. The first kappa shape index (κ1) is 21.9. The van der Waals surface area contributed by atoms with Gasteiger partial charge < -0.3 is 4.74 Å². The van der Waals surface area contributed by atoms with E-state index < -0.39 is 5.66 Å². The van der Waals surface area contributed by atoms with Crippen LogP contribution in [-0.2, 0) is 12.1 Å². The lowest BCUT2D eigenvalue weighted by Crippen LogP contribution is -2.71. The Morgan fingerprint density at radius 1 is 0.733 bits per heavy atom. The third kappa shape index (κ3) is 2.06. The Balaban J connectivity index is 1.41. The summed E-state index contributed by atoms with van der Waals surface area (Å²) in [4.78, 5) is 0. The first-order valence-corrected chi connectivity index (χ1v) is 15.9. The summed E-state index contributed by atoms with van der Waals surface area (Å²) in [6.45, 7) is 0. The van der Waals surface area contributed by atoms with Crippen LogP contribution in [0.1, 0.15) is 34.2 Å². The second kappa shape index (κ2) is 6.82. The van der Waals surface area contributed by atoms with Crippen LogP contribution < -0.4 is 13.9 Å². The Labute approximate surface area is 257 Å². The van der Waals surface area contributed by atoms with Crippen LogP contribution in [0.5, 0.6) is 11.5 Å². The average molecular weight is 574 g/mol. The predicted molar refractivity (Wildman–Crippen MR) is 177 cm³/mol. The highest BCUT2D eigenvalue weighted by molar-refractivity contribution is 6.28. The summed E-state index contributed by atoms with van der Waals surface area (Å²) >= 11 is 0. The molecule has 1 atom stereocenters. The molecule has 6 heterocycles. The molecule has 13 rings (SSSR count). The molecule has 2 aliphatic carbocycles. The number of rotatable bonds is 0. The van der Waals surface area contributed by atoms with Crippen LogP contribution in [0.3, 0.4) is 0 Å². The van der Waals surface area contributed by atoms with E-state index >= 15 is 0 Å². The molecule has 0 bridgehead atoms. The molecule has 0 N–H and O–H groups in total. The largest absolute Gasteiger partial charge is 0.456 e. The summed E-state index contributed by atoms with van der Waals surface area (Å²) in [7, 11) is 0. The Kier molecular flexibility index (Phi) is 3.31. The maximum absolute atomic E-state index is 6.87. The molecule has 4 heteroatoms.